The van der Waals surface area contributed by atoms with E-state index in [9.17, 15) is 0 Å². The first-order valence-electron chi connectivity index (χ1n) is 12.9. The van der Waals surface area contributed by atoms with Crippen LogP contribution in [0, 0.1) is 24.3 Å². The van der Waals surface area contributed by atoms with E-state index in [1.807, 2.05) is 72.8 Å². The fourth-order valence-electron chi connectivity index (χ4n) is 4.68. The minimum Gasteiger partial charge on any atom is -0.184 e. The Labute approximate surface area is 252 Å². The van der Waals surface area contributed by atoms with Crippen molar-refractivity contribution in [3.05, 3.63) is 192 Å². The zero-order chi connectivity index (χ0) is 25.8. The van der Waals surface area contributed by atoms with Crippen LogP contribution in [-0.2, 0) is 39.0 Å². The SMILES string of the molecule is [Zr+4].[c-]1cccc2c1Cc1ccccc1-2.[c-]1cccc2c1Cc1ccccc1-2.[c-]1ccccc1.[c-]1ccccc1. The molecule has 1 heteroatoms. The van der Waals surface area contributed by atoms with Gasteiger partial charge in [-0.1, -0.05) is 70.8 Å². The summed E-state index contributed by atoms with van der Waals surface area (Å²) in [6.45, 7) is 0. The van der Waals surface area contributed by atoms with E-state index in [1.54, 1.807) is 0 Å². The Bertz CT molecular complexity index is 1290. The normalized spacial score (nSPS) is 10.7. The van der Waals surface area contributed by atoms with Crippen LogP contribution in [0.25, 0.3) is 22.3 Å². The predicted octanol–water partition coefficient (Wildman–Crippen LogP) is 9.09. The van der Waals surface area contributed by atoms with Gasteiger partial charge in [0.05, 0.1) is 0 Å². The molecule has 0 N–H and O–H groups in total. The van der Waals surface area contributed by atoms with E-state index in [1.165, 1.54) is 44.5 Å². The fourth-order valence-corrected chi connectivity index (χ4v) is 4.68. The van der Waals surface area contributed by atoms with Gasteiger partial charge in [0.15, 0.2) is 0 Å². The van der Waals surface area contributed by atoms with Crippen molar-refractivity contribution >= 4 is 0 Å². The average molecular weight is 576 g/mol. The van der Waals surface area contributed by atoms with Crippen LogP contribution in [0.15, 0.2) is 146 Å². The molecule has 0 fully saturated rings. The molecular weight excluding hydrogens is 548 g/mol. The van der Waals surface area contributed by atoms with E-state index >= 15 is 0 Å². The summed E-state index contributed by atoms with van der Waals surface area (Å²) in [7, 11) is 0. The number of rotatable bonds is 0. The first kappa shape index (κ1) is 28.2. The molecule has 2 aliphatic rings. The molecule has 8 rings (SSSR count). The second-order valence-electron chi connectivity index (χ2n) is 8.95. The number of hydrogen-bond acceptors (Lipinski definition) is 0. The van der Waals surface area contributed by atoms with Gasteiger partial charge >= 0.3 is 26.2 Å². The van der Waals surface area contributed by atoms with Crippen molar-refractivity contribution in [2.75, 3.05) is 0 Å². The molecule has 0 aromatic heterocycles. The van der Waals surface area contributed by atoms with Crippen molar-refractivity contribution in [1.29, 1.82) is 0 Å². The van der Waals surface area contributed by atoms with E-state index < -0.39 is 0 Å². The molecule has 0 unspecified atom stereocenters. The number of fused-ring (bicyclic) bond motifs is 6. The molecule has 0 aliphatic heterocycles. The monoisotopic (exact) mass is 574 g/mol. The van der Waals surface area contributed by atoms with E-state index in [2.05, 4.69) is 97.1 Å². The Morgan fingerprint density at radius 1 is 0.359 bits per heavy atom. The zero-order valence-corrected chi connectivity index (χ0v) is 24.2. The van der Waals surface area contributed by atoms with Crippen molar-refractivity contribution in [1.82, 2.24) is 0 Å². The van der Waals surface area contributed by atoms with Crippen molar-refractivity contribution in [3.8, 4) is 22.3 Å². The number of hydrogen-bond donors (Lipinski definition) is 0. The summed E-state index contributed by atoms with van der Waals surface area (Å²) in [4.78, 5) is 0. The van der Waals surface area contributed by atoms with Gasteiger partial charge in [-0.25, -0.2) is 0 Å². The molecule has 6 aromatic rings. The second-order valence-corrected chi connectivity index (χ2v) is 8.95. The van der Waals surface area contributed by atoms with Crippen molar-refractivity contribution in [2.24, 2.45) is 0 Å². The molecule has 0 atom stereocenters. The molecule has 0 amide bonds. The summed E-state index contributed by atoms with van der Waals surface area (Å²) >= 11 is 0. The second kappa shape index (κ2) is 15.0. The fraction of sp³-hybridized carbons (Fsp3) is 0.0526. The molecule has 0 spiro atoms. The summed E-state index contributed by atoms with van der Waals surface area (Å²) in [5.74, 6) is 0. The van der Waals surface area contributed by atoms with Gasteiger partial charge in [-0.05, 0) is 12.8 Å². The van der Waals surface area contributed by atoms with Crippen LogP contribution in [0.3, 0.4) is 0 Å². The van der Waals surface area contributed by atoms with Gasteiger partial charge in [0, 0.05) is 0 Å². The first-order chi connectivity index (χ1) is 18.9. The van der Waals surface area contributed by atoms with Crippen LogP contribution < -0.4 is 0 Å². The van der Waals surface area contributed by atoms with E-state index in [0.717, 1.165) is 12.8 Å². The van der Waals surface area contributed by atoms with Gasteiger partial charge in [0.1, 0.15) is 0 Å². The maximum absolute atomic E-state index is 3.30. The quantitative estimate of drug-likeness (QED) is 0.158. The third-order valence-corrected chi connectivity index (χ3v) is 6.45. The number of benzene rings is 6. The van der Waals surface area contributed by atoms with Crippen LogP contribution in [0.2, 0.25) is 0 Å². The molecule has 0 nitrogen and oxygen atoms in total. The van der Waals surface area contributed by atoms with Gasteiger partial charge in [-0.3, -0.25) is 0 Å². The molecular formula is C38H28Zr. The zero-order valence-electron chi connectivity index (χ0n) is 21.8. The first-order valence-corrected chi connectivity index (χ1v) is 12.9. The smallest absolute Gasteiger partial charge is 0.184 e. The summed E-state index contributed by atoms with van der Waals surface area (Å²) in [6, 6.07) is 61.2. The Hall–Kier alpha value is -3.80. The van der Waals surface area contributed by atoms with Crippen LogP contribution in [0.4, 0.5) is 0 Å². The molecule has 0 heterocycles. The molecule has 184 valence electrons. The van der Waals surface area contributed by atoms with Gasteiger partial charge in [0.25, 0.3) is 0 Å². The maximum atomic E-state index is 3.30. The van der Waals surface area contributed by atoms with Crippen LogP contribution in [0.5, 0.6) is 0 Å². The van der Waals surface area contributed by atoms with Crippen molar-refractivity contribution in [2.45, 2.75) is 12.8 Å². The van der Waals surface area contributed by atoms with Crippen LogP contribution >= 0.6 is 0 Å². The average Bonchev–Trinajstić information content (AvgIpc) is 3.59. The minimum absolute atomic E-state index is 0. The van der Waals surface area contributed by atoms with E-state index in [4.69, 9.17) is 0 Å². The maximum Gasteiger partial charge on any atom is 4.00 e. The molecule has 0 saturated carbocycles. The third kappa shape index (κ3) is 7.63. The molecule has 0 bridgehead atoms. The molecule has 6 aromatic carbocycles. The van der Waals surface area contributed by atoms with Crippen molar-refractivity contribution < 1.29 is 26.2 Å². The molecule has 0 saturated heterocycles. The summed E-state index contributed by atoms with van der Waals surface area (Å²) in [6.07, 6.45) is 2.10. The minimum atomic E-state index is 0. The predicted molar refractivity (Wildman–Crippen MR) is 158 cm³/mol. The molecule has 2 aliphatic carbocycles. The summed E-state index contributed by atoms with van der Waals surface area (Å²) < 4.78 is 0. The Kier molecular flexibility index (Phi) is 10.8. The largest absolute Gasteiger partial charge is 4.00 e. The summed E-state index contributed by atoms with van der Waals surface area (Å²) in [5.41, 5.74) is 11.0. The van der Waals surface area contributed by atoms with E-state index in [-0.39, 0.29) is 26.2 Å². The van der Waals surface area contributed by atoms with Gasteiger partial charge in [-0.15, -0.1) is 11.1 Å². The Balaban J connectivity index is 0.000000127. The standard InChI is InChI=1S/2C13H9.2C6H5.Zr/c2*1-3-7-12-10(5-1)9-11-6-2-4-8-13(11)12;2*1-2-4-6-5-3-1;/h2*1-5,7-8H,9H2;2*1-5H;/q4*-1;+4. The van der Waals surface area contributed by atoms with Crippen molar-refractivity contribution in [3.63, 3.8) is 0 Å². The summed E-state index contributed by atoms with van der Waals surface area (Å²) in [5, 5.41) is 0. The van der Waals surface area contributed by atoms with Gasteiger partial charge in [0.2, 0.25) is 0 Å². The van der Waals surface area contributed by atoms with E-state index in [0.29, 0.717) is 0 Å². The Morgan fingerprint density at radius 2 is 0.744 bits per heavy atom. The molecule has 0 radical (unpaired) electrons. The topological polar surface area (TPSA) is 0 Å². The van der Waals surface area contributed by atoms with Gasteiger partial charge in [-0.2, -0.15) is 132 Å². The third-order valence-electron chi connectivity index (χ3n) is 6.45. The van der Waals surface area contributed by atoms with Crippen LogP contribution in [0.1, 0.15) is 22.3 Å². The molecule has 39 heavy (non-hydrogen) atoms. The van der Waals surface area contributed by atoms with Crippen LogP contribution in [-0.4, -0.2) is 0 Å². The Morgan fingerprint density at radius 3 is 1.10 bits per heavy atom. The van der Waals surface area contributed by atoms with Gasteiger partial charge < -0.3 is 0 Å².